The van der Waals surface area contributed by atoms with Gasteiger partial charge in [0.25, 0.3) is 5.91 Å². The van der Waals surface area contributed by atoms with Crippen molar-refractivity contribution in [2.24, 2.45) is 5.92 Å². The van der Waals surface area contributed by atoms with E-state index in [1.54, 1.807) is 19.1 Å². The molecule has 2 aromatic rings. The summed E-state index contributed by atoms with van der Waals surface area (Å²) in [6.07, 6.45) is 0. The molecule has 2 amide bonds. The van der Waals surface area contributed by atoms with Crippen LogP contribution in [0, 0.1) is 25.6 Å². The second kappa shape index (κ2) is 10.8. The molecule has 30 heavy (non-hydrogen) atoms. The minimum atomic E-state index is -0.691. The van der Waals surface area contributed by atoms with E-state index in [-0.39, 0.29) is 30.8 Å². The van der Waals surface area contributed by atoms with E-state index in [1.807, 2.05) is 45.9 Å². The van der Waals surface area contributed by atoms with Crippen LogP contribution >= 0.6 is 0 Å². The Morgan fingerprint density at radius 3 is 2.37 bits per heavy atom. The first-order valence-corrected chi connectivity index (χ1v) is 10.2. The highest BCUT2D eigenvalue weighted by Crippen LogP contribution is 2.19. The van der Waals surface area contributed by atoms with Crippen LogP contribution in [0.1, 0.15) is 37.5 Å². The highest BCUT2D eigenvalue weighted by atomic mass is 19.1. The van der Waals surface area contributed by atoms with Gasteiger partial charge in [-0.15, -0.1) is 0 Å². The number of benzene rings is 2. The first-order chi connectivity index (χ1) is 14.2. The zero-order valence-electron chi connectivity index (χ0n) is 18.4. The molecule has 1 atom stereocenters. The predicted octanol–water partition coefficient (Wildman–Crippen LogP) is 4.01. The lowest BCUT2D eigenvalue weighted by Crippen LogP contribution is -2.49. The van der Waals surface area contributed by atoms with Crippen molar-refractivity contribution in [3.63, 3.8) is 0 Å². The van der Waals surface area contributed by atoms with Gasteiger partial charge in [0, 0.05) is 13.1 Å². The van der Waals surface area contributed by atoms with Crippen LogP contribution in [0.3, 0.4) is 0 Å². The fourth-order valence-corrected chi connectivity index (χ4v) is 2.91. The zero-order chi connectivity index (χ0) is 22.3. The molecule has 0 fully saturated rings. The Balaban J connectivity index is 2.15. The number of carbonyl (C=O) groups is 2. The molecule has 0 aliphatic heterocycles. The Kier molecular flexibility index (Phi) is 8.39. The Bertz CT molecular complexity index is 865. The van der Waals surface area contributed by atoms with Gasteiger partial charge in [-0.3, -0.25) is 9.59 Å². The molecule has 0 radical (unpaired) electrons. The first kappa shape index (κ1) is 23.4. The average Bonchev–Trinajstić information content (AvgIpc) is 2.71. The summed E-state index contributed by atoms with van der Waals surface area (Å²) in [4.78, 5) is 27.1. The summed E-state index contributed by atoms with van der Waals surface area (Å²) in [5.74, 6) is 0.0490. The molecule has 0 bridgehead atoms. The van der Waals surface area contributed by atoms with Crippen molar-refractivity contribution in [3.05, 3.63) is 65.0 Å². The van der Waals surface area contributed by atoms with Gasteiger partial charge in [-0.25, -0.2) is 4.39 Å². The van der Waals surface area contributed by atoms with Crippen molar-refractivity contribution in [1.82, 2.24) is 10.2 Å². The van der Waals surface area contributed by atoms with Crippen molar-refractivity contribution in [2.45, 2.75) is 47.2 Å². The normalized spacial score (nSPS) is 11.8. The standard InChI is InChI=1S/C24H31FN2O3/c1-16(2)13-26-24(29)19(5)27(14-20-8-10-21(25)11-9-20)23(28)15-30-22-12-17(3)6-7-18(22)4/h6-12,16,19H,13-15H2,1-5H3,(H,26,29). The van der Waals surface area contributed by atoms with E-state index in [0.29, 0.717) is 18.2 Å². The van der Waals surface area contributed by atoms with Crippen molar-refractivity contribution < 1.29 is 18.7 Å². The summed E-state index contributed by atoms with van der Waals surface area (Å²) < 4.78 is 19.0. The monoisotopic (exact) mass is 414 g/mol. The van der Waals surface area contributed by atoms with Gasteiger partial charge in [-0.2, -0.15) is 0 Å². The third-order valence-electron chi connectivity index (χ3n) is 4.81. The topological polar surface area (TPSA) is 58.6 Å². The number of amides is 2. The van der Waals surface area contributed by atoms with Crippen LogP contribution in [0.4, 0.5) is 4.39 Å². The van der Waals surface area contributed by atoms with Crippen molar-refractivity contribution in [1.29, 1.82) is 0 Å². The van der Waals surface area contributed by atoms with Crippen LogP contribution in [0.15, 0.2) is 42.5 Å². The molecule has 0 saturated carbocycles. The molecule has 1 N–H and O–H groups in total. The van der Waals surface area contributed by atoms with Crippen molar-refractivity contribution >= 4 is 11.8 Å². The number of hydrogen-bond donors (Lipinski definition) is 1. The lowest BCUT2D eigenvalue weighted by molar-refractivity contribution is -0.142. The van der Waals surface area contributed by atoms with E-state index in [2.05, 4.69) is 5.32 Å². The Labute approximate surface area is 178 Å². The average molecular weight is 415 g/mol. The highest BCUT2D eigenvalue weighted by molar-refractivity contribution is 5.88. The Hall–Kier alpha value is -2.89. The van der Waals surface area contributed by atoms with Gasteiger partial charge in [0.1, 0.15) is 17.6 Å². The molecule has 0 aliphatic rings. The summed E-state index contributed by atoms with van der Waals surface area (Å²) in [7, 11) is 0. The third-order valence-corrected chi connectivity index (χ3v) is 4.81. The Morgan fingerprint density at radius 1 is 1.07 bits per heavy atom. The summed E-state index contributed by atoms with van der Waals surface area (Å²) in [5.41, 5.74) is 2.70. The van der Waals surface area contributed by atoms with E-state index in [4.69, 9.17) is 4.74 Å². The fraction of sp³-hybridized carbons (Fsp3) is 0.417. The zero-order valence-corrected chi connectivity index (χ0v) is 18.4. The number of nitrogens with zero attached hydrogens (tertiary/aromatic N) is 1. The van der Waals surface area contributed by atoms with E-state index in [9.17, 15) is 14.0 Å². The number of ether oxygens (including phenoxy) is 1. The van der Waals surface area contributed by atoms with E-state index >= 15 is 0 Å². The molecule has 1 unspecified atom stereocenters. The maximum atomic E-state index is 13.3. The van der Waals surface area contributed by atoms with E-state index in [1.165, 1.54) is 17.0 Å². The lowest BCUT2D eigenvalue weighted by Gasteiger charge is -2.29. The van der Waals surface area contributed by atoms with Gasteiger partial charge in [0.15, 0.2) is 6.61 Å². The molecule has 0 spiro atoms. The molecule has 162 valence electrons. The number of hydrogen-bond acceptors (Lipinski definition) is 3. The number of nitrogens with one attached hydrogen (secondary N) is 1. The van der Waals surface area contributed by atoms with Crippen LogP contribution in [0.2, 0.25) is 0 Å². The van der Waals surface area contributed by atoms with Crippen LogP contribution in [0.25, 0.3) is 0 Å². The van der Waals surface area contributed by atoms with Gasteiger partial charge in [0.05, 0.1) is 0 Å². The van der Waals surface area contributed by atoms with E-state index in [0.717, 1.165) is 16.7 Å². The maximum absolute atomic E-state index is 13.3. The van der Waals surface area contributed by atoms with E-state index < -0.39 is 6.04 Å². The van der Waals surface area contributed by atoms with Crippen LogP contribution in [-0.2, 0) is 16.1 Å². The maximum Gasteiger partial charge on any atom is 0.261 e. The van der Waals surface area contributed by atoms with Crippen molar-refractivity contribution in [3.8, 4) is 5.75 Å². The summed E-state index contributed by atoms with van der Waals surface area (Å²) >= 11 is 0. The molecule has 0 heterocycles. The molecule has 0 saturated heterocycles. The summed E-state index contributed by atoms with van der Waals surface area (Å²) in [6.45, 7) is 10.1. The molecule has 2 rings (SSSR count). The SMILES string of the molecule is Cc1ccc(C)c(OCC(=O)N(Cc2ccc(F)cc2)C(C)C(=O)NCC(C)C)c1. The molecule has 0 aromatic heterocycles. The Morgan fingerprint density at radius 2 is 1.73 bits per heavy atom. The molecule has 6 heteroatoms. The second-order valence-electron chi connectivity index (χ2n) is 8.02. The largest absolute Gasteiger partial charge is 0.483 e. The number of aryl methyl sites for hydroxylation is 2. The molecule has 0 aliphatic carbocycles. The molecule has 2 aromatic carbocycles. The molecular formula is C24H31FN2O3. The molecule has 5 nitrogen and oxygen atoms in total. The third kappa shape index (κ3) is 6.87. The van der Waals surface area contributed by atoms with Crippen LogP contribution < -0.4 is 10.1 Å². The van der Waals surface area contributed by atoms with Gasteiger partial charge >= 0.3 is 0 Å². The van der Waals surface area contributed by atoms with Gasteiger partial charge < -0.3 is 15.0 Å². The minimum Gasteiger partial charge on any atom is -0.483 e. The van der Waals surface area contributed by atoms with Gasteiger partial charge in [-0.05, 0) is 61.6 Å². The fourth-order valence-electron chi connectivity index (χ4n) is 2.91. The second-order valence-corrected chi connectivity index (χ2v) is 8.02. The summed E-state index contributed by atoms with van der Waals surface area (Å²) in [6, 6.07) is 11.0. The lowest BCUT2D eigenvalue weighted by atomic mass is 10.1. The van der Waals surface area contributed by atoms with Gasteiger partial charge in [0.2, 0.25) is 5.91 Å². The van der Waals surface area contributed by atoms with Crippen LogP contribution in [0.5, 0.6) is 5.75 Å². The van der Waals surface area contributed by atoms with Crippen LogP contribution in [-0.4, -0.2) is 35.9 Å². The first-order valence-electron chi connectivity index (χ1n) is 10.2. The number of halogens is 1. The van der Waals surface area contributed by atoms with Gasteiger partial charge in [-0.1, -0.05) is 38.1 Å². The smallest absolute Gasteiger partial charge is 0.261 e. The summed E-state index contributed by atoms with van der Waals surface area (Å²) in [5, 5.41) is 2.87. The quantitative estimate of drug-likeness (QED) is 0.674. The number of rotatable bonds is 9. The predicted molar refractivity (Wildman–Crippen MR) is 116 cm³/mol. The number of carbonyl (C=O) groups excluding carboxylic acids is 2. The molecular weight excluding hydrogens is 383 g/mol. The minimum absolute atomic E-state index is 0.186. The highest BCUT2D eigenvalue weighted by Gasteiger charge is 2.26. The van der Waals surface area contributed by atoms with Crippen molar-refractivity contribution in [2.75, 3.05) is 13.2 Å².